The number of likely N-dealkylation sites (tertiary alicyclic amines) is 1. The van der Waals surface area contributed by atoms with Crippen LogP contribution in [-0.4, -0.2) is 28.9 Å². The number of aryl methyl sites for hydroxylation is 1. The summed E-state index contributed by atoms with van der Waals surface area (Å²) in [5, 5.41) is 3.67. The molecule has 7 heteroatoms. The zero-order chi connectivity index (χ0) is 21.8. The van der Waals surface area contributed by atoms with Gasteiger partial charge in [0.1, 0.15) is 11.6 Å². The molecule has 1 saturated heterocycles. The van der Waals surface area contributed by atoms with E-state index in [9.17, 15) is 9.18 Å². The predicted octanol–water partition coefficient (Wildman–Crippen LogP) is 4.97. The van der Waals surface area contributed by atoms with Crippen molar-refractivity contribution < 1.29 is 13.6 Å². The first-order chi connectivity index (χ1) is 15.0. The minimum absolute atomic E-state index is 0.00822. The molecule has 2 heterocycles. The zero-order valence-corrected chi connectivity index (χ0v) is 18.2. The average molecular weight is 442 g/mol. The average Bonchev–Trinajstić information content (AvgIpc) is 3.13. The summed E-state index contributed by atoms with van der Waals surface area (Å²) >= 11 is 6.16. The van der Waals surface area contributed by atoms with Crippen LogP contribution >= 0.6 is 11.6 Å². The van der Waals surface area contributed by atoms with E-state index < -0.39 is 0 Å². The Hall–Kier alpha value is -2.70. The minimum atomic E-state index is -0.348. The fraction of sp³-hybridized carbons (Fsp3) is 0.333. The number of nitrogens with one attached hydrogen (secondary N) is 1. The van der Waals surface area contributed by atoms with E-state index in [1.54, 1.807) is 18.2 Å². The van der Waals surface area contributed by atoms with E-state index in [1.165, 1.54) is 6.07 Å². The van der Waals surface area contributed by atoms with Gasteiger partial charge < -0.3 is 9.73 Å². The topological polar surface area (TPSA) is 58.4 Å². The molecule has 1 aliphatic rings. The maximum absolute atomic E-state index is 14.0. The molecule has 5 nitrogen and oxygen atoms in total. The summed E-state index contributed by atoms with van der Waals surface area (Å²) in [6.07, 6.45) is 1.57. The highest BCUT2D eigenvalue weighted by atomic mass is 35.5. The van der Waals surface area contributed by atoms with Gasteiger partial charge in [-0.1, -0.05) is 41.9 Å². The van der Waals surface area contributed by atoms with Crippen LogP contribution in [0.25, 0.3) is 11.5 Å². The molecule has 31 heavy (non-hydrogen) atoms. The molecule has 0 spiro atoms. The smallest absolute Gasteiger partial charge is 0.229 e. The van der Waals surface area contributed by atoms with E-state index in [0.29, 0.717) is 35.3 Å². The van der Waals surface area contributed by atoms with Gasteiger partial charge in [0.05, 0.1) is 11.3 Å². The largest absolute Gasteiger partial charge is 0.441 e. The lowest BCUT2D eigenvalue weighted by atomic mass is 9.95. The van der Waals surface area contributed by atoms with Crippen LogP contribution in [-0.2, 0) is 17.9 Å². The van der Waals surface area contributed by atoms with Gasteiger partial charge in [0, 0.05) is 24.0 Å². The number of rotatable bonds is 6. The van der Waals surface area contributed by atoms with Crippen molar-refractivity contribution in [3.63, 3.8) is 0 Å². The Bertz CT molecular complexity index is 1060. The van der Waals surface area contributed by atoms with Crippen molar-refractivity contribution in [3.8, 4) is 11.5 Å². The van der Waals surface area contributed by atoms with Crippen LogP contribution < -0.4 is 5.32 Å². The Morgan fingerprint density at radius 3 is 2.65 bits per heavy atom. The quantitative estimate of drug-likeness (QED) is 0.586. The molecule has 1 amide bonds. The number of halogens is 2. The lowest BCUT2D eigenvalue weighted by molar-refractivity contribution is -0.126. The van der Waals surface area contributed by atoms with Crippen molar-refractivity contribution in [2.24, 2.45) is 5.92 Å². The molecular weight excluding hydrogens is 417 g/mol. The number of carbonyl (C=O) groups is 1. The van der Waals surface area contributed by atoms with E-state index >= 15 is 0 Å². The molecule has 0 unspecified atom stereocenters. The first-order valence-electron chi connectivity index (χ1n) is 10.5. The van der Waals surface area contributed by atoms with Crippen LogP contribution in [0.3, 0.4) is 0 Å². The van der Waals surface area contributed by atoms with E-state index in [-0.39, 0.29) is 17.6 Å². The summed E-state index contributed by atoms with van der Waals surface area (Å²) in [5.74, 6) is 0.710. The molecule has 0 aliphatic carbocycles. The van der Waals surface area contributed by atoms with Crippen molar-refractivity contribution >= 4 is 17.5 Å². The van der Waals surface area contributed by atoms with Crippen molar-refractivity contribution in [2.45, 2.75) is 32.9 Å². The maximum Gasteiger partial charge on any atom is 0.229 e. The fourth-order valence-corrected chi connectivity index (χ4v) is 4.06. The Balaban J connectivity index is 1.30. The summed E-state index contributed by atoms with van der Waals surface area (Å²) in [5.41, 5.74) is 2.09. The number of amides is 1. The summed E-state index contributed by atoms with van der Waals surface area (Å²) in [6, 6.07) is 14.0. The predicted molar refractivity (Wildman–Crippen MR) is 118 cm³/mol. The molecule has 1 fully saturated rings. The Kier molecular flexibility index (Phi) is 6.68. The molecule has 0 bridgehead atoms. The molecule has 4 rings (SSSR count). The number of nitrogens with zero attached hydrogens (tertiary/aromatic N) is 2. The standard InChI is InChI=1S/C24H25ClFN3O2/c1-16-22(28-24(31-16)19-7-3-5-9-21(19)26)15-29-12-10-17(11-13-29)23(30)27-14-18-6-2-4-8-20(18)25/h2-9,17H,10-15H2,1H3,(H,27,30). The molecule has 0 atom stereocenters. The highest BCUT2D eigenvalue weighted by Gasteiger charge is 2.26. The van der Waals surface area contributed by atoms with Crippen LogP contribution in [0.1, 0.15) is 29.9 Å². The molecule has 3 aromatic rings. The van der Waals surface area contributed by atoms with Crippen molar-refractivity contribution in [1.29, 1.82) is 0 Å². The summed E-state index contributed by atoms with van der Waals surface area (Å²) in [6.45, 7) is 4.51. The van der Waals surface area contributed by atoms with Crippen LogP contribution in [0.5, 0.6) is 0 Å². The van der Waals surface area contributed by atoms with E-state index in [0.717, 1.165) is 37.2 Å². The van der Waals surface area contributed by atoms with Gasteiger partial charge in [-0.25, -0.2) is 9.37 Å². The first kappa shape index (κ1) is 21.5. The first-order valence-corrected chi connectivity index (χ1v) is 10.8. The van der Waals surface area contributed by atoms with Gasteiger partial charge in [0.2, 0.25) is 11.8 Å². The third kappa shape index (κ3) is 5.14. The number of aromatic nitrogens is 1. The normalized spacial score (nSPS) is 15.2. The molecule has 0 radical (unpaired) electrons. The van der Waals surface area contributed by atoms with Gasteiger partial charge in [-0.15, -0.1) is 0 Å². The number of carbonyl (C=O) groups excluding carboxylic acids is 1. The highest BCUT2D eigenvalue weighted by Crippen LogP contribution is 2.26. The van der Waals surface area contributed by atoms with Crippen molar-refractivity contribution in [2.75, 3.05) is 13.1 Å². The van der Waals surface area contributed by atoms with Crippen LogP contribution in [0.2, 0.25) is 5.02 Å². The number of hydrogen-bond donors (Lipinski definition) is 1. The highest BCUT2D eigenvalue weighted by molar-refractivity contribution is 6.31. The lowest BCUT2D eigenvalue weighted by Crippen LogP contribution is -2.40. The van der Waals surface area contributed by atoms with E-state index in [4.69, 9.17) is 16.0 Å². The zero-order valence-electron chi connectivity index (χ0n) is 17.4. The number of oxazole rings is 1. The third-order valence-corrected chi connectivity index (χ3v) is 6.11. The Morgan fingerprint density at radius 2 is 1.90 bits per heavy atom. The number of hydrogen-bond acceptors (Lipinski definition) is 4. The van der Waals surface area contributed by atoms with Crippen LogP contribution in [0.4, 0.5) is 4.39 Å². The monoisotopic (exact) mass is 441 g/mol. The number of piperidine rings is 1. The molecule has 2 aromatic carbocycles. The lowest BCUT2D eigenvalue weighted by Gasteiger charge is -2.30. The van der Waals surface area contributed by atoms with Gasteiger partial charge in [-0.2, -0.15) is 0 Å². The summed E-state index contributed by atoms with van der Waals surface area (Å²) in [4.78, 5) is 19.3. The second kappa shape index (κ2) is 9.62. The maximum atomic E-state index is 14.0. The van der Waals surface area contributed by atoms with Gasteiger partial charge in [0.25, 0.3) is 0 Å². The molecule has 1 aliphatic heterocycles. The van der Waals surface area contributed by atoms with Gasteiger partial charge >= 0.3 is 0 Å². The molecule has 1 aromatic heterocycles. The van der Waals surface area contributed by atoms with E-state index in [1.807, 2.05) is 31.2 Å². The number of benzene rings is 2. The van der Waals surface area contributed by atoms with E-state index in [2.05, 4.69) is 15.2 Å². The third-order valence-electron chi connectivity index (χ3n) is 5.74. The Morgan fingerprint density at radius 1 is 1.19 bits per heavy atom. The van der Waals surface area contributed by atoms with Crippen molar-refractivity contribution in [1.82, 2.24) is 15.2 Å². The minimum Gasteiger partial charge on any atom is -0.441 e. The molecular formula is C24H25ClFN3O2. The second-order valence-electron chi connectivity index (χ2n) is 7.86. The van der Waals surface area contributed by atoms with Gasteiger partial charge in [0.15, 0.2) is 0 Å². The van der Waals surface area contributed by atoms with Crippen LogP contribution in [0, 0.1) is 18.7 Å². The summed E-state index contributed by atoms with van der Waals surface area (Å²) < 4.78 is 19.7. The van der Waals surface area contributed by atoms with Gasteiger partial charge in [-0.3, -0.25) is 9.69 Å². The fourth-order valence-electron chi connectivity index (χ4n) is 3.86. The van der Waals surface area contributed by atoms with Gasteiger partial charge in [-0.05, 0) is 56.6 Å². The van der Waals surface area contributed by atoms with Crippen molar-refractivity contribution in [3.05, 3.63) is 76.4 Å². The second-order valence-corrected chi connectivity index (χ2v) is 8.27. The van der Waals surface area contributed by atoms with Crippen LogP contribution in [0.15, 0.2) is 52.9 Å². The molecule has 1 N–H and O–H groups in total. The molecule has 162 valence electrons. The summed E-state index contributed by atoms with van der Waals surface area (Å²) in [7, 11) is 0. The Labute approximate surface area is 186 Å². The molecule has 0 saturated carbocycles. The SMILES string of the molecule is Cc1oc(-c2ccccc2F)nc1CN1CCC(C(=O)NCc2ccccc2Cl)CC1.